The number of rotatable bonds is 7. The molecule has 0 bridgehead atoms. The lowest BCUT2D eigenvalue weighted by Crippen LogP contribution is -2.40. The van der Waals surface area contributed by atoms with E-state index in [9.17, 15) is 14.7 Å². The van der Waals surface area contributed by atoms with Gasteiger partial charge in [-0.15, -0.1) is 0 Å². The van der Waals surface area contributed by atoms with Crippen molar-refractivity contribution in [1.82, 2.24) is 5.32 Å². The number of phenols is 1. The minimum absolute atomic E-state index is 0.0656. The van der Waals surface area contributed by atoms with E-state index in [-0.39, 0.29) is 36.5 Å². The molecule has 0 aliphatic rings. The SMILES string of the molecule is CC(C)[C@@H](CC(=O)O)NC(=O)CCc1cccc(O)c1. The molecule has 1 rings (SSSR count). The van der Waals surface area contributed by atoms with Crippen molar-refractivity contribution in [3.05, 3.63) is 29.8 Å². The van der Waals surface area contributed by atoms with Crippen molar-refractivity contribution in [3.8, 4) is 5.75 Å². The molecule has 0 saturated heterocycles. The number of carbonyl (C=O) groups is 2. The van der Waals surface area contributed by atoms with Crippen LogP contribution in [0.1, 0.15) is 32.3 Å². The summed E-state index contributed by atoms with van der Waals surface area (Å²) in [5, 5.41) is 20.9. The fourth-order valence-electron chi connectivity index (χ4n) is 1.89. The summed E-state index contributed by atoms with van der Waals surface area (Å²) in [4.78, 5) is 22.6. The van der Waals surface area contributed by atoms with Gasteiger partial charge in [-0.25, -0.2) is 0 Å². The van der Waals surface area contributed by atoms with Gasteiger partial charge in [0.25, 0.3) is 0 Å². The molecule has 1 atom stereocenters. The second-order valence-electron chi connectivity index (χ2n) is 5.19. The fourth-order valence-corrected chi connectivity index (χ4v) is 1.89. The maximum absolute atomic E-state index is 11.8. The van der Waals surface area contributed by atoms with Gasteiger partial charge in [-0.3, -0.25) is 9.59 Å². The zero-order chi connectivity index (χ0) is 15.1. The van der Waals surface area contributed by atoms with Gasteiger partial charge in [-0.05, 0) is 30.0 Å². The van der Waals surface area contributed by atoms with Gasteiger partial charge in [-0.2, -0.15) is 0 Å². The molecule has 1 aromatic carbocycles. The Morgan fingerprint density at radius 1 is 1.30 bits per heavy atom. The van der Waals surface area contributed by atoms with E-state index in [0.29, 0.717) is 6.42 Å². The molecule has 3 N–H and O–H groups in total. The van der Waals surface area contributed by atoms with Gasteiger partial charge in [0.15, 0.2) is 0 Å². The highest BCUT2D eigenvalue weighted by Crippen LogP contribution is 2.13. The van der Waals surface area contributed by atoms with Crippen molar-refractivity contribution >= 4 is 11.9 Å². The normalized spacial score (nSPS) is 12.2. The van der Waals surface area contributed by atoms with E-state index >= 15 is 0 Å². The molecule has 0 saturated carbocycles. The smallest absolute Gasteiger partial charge is 0.305 e. The Bertz CT molecular complexity index is 471. The highest BCUT2D eigenvalue weighted by molar-refractivity contribution is 5.77. The van der Waals surface area contributed by atoms with Crippen LogP contribution in [-0.2, 0) is 16.0 Å². The summed E-state index contributed by atoms with van der Waals surface area (Å²) < 4.78 is 0. The van der Waals surface area contributed by atoms with Crippen LogP contribution in [0.15, 0.2) is 24.3 Å². The van der Waals surface area contributed by atoms with E-state index in [4.69, 9.17) is 5.11 Å². The Morgan fingerprint density at radius 3 is 2.55 bits per heavy atom. The summed E-state index contributed by atoms with van der Waals surface area (Å²) in [6.45, 7) is 3.76. The van der Waals surface area contributed by atoms with Gasteiger partial charge in [0.2, 0.25) is 5.91 Å². The molecule has 0 fully saturated rings. The second-order valence-corrected chi connectivity index (χ2v) is 5.19. The van der Waals surface area contributed by atoms with Gasteiger partial charge < -0.3 is 15.5 Å². The molecule has 0 aliphatic carbocycles. The van der Waals surface area contributed by atoms with E-state index in [1.807, 2.05) is 19.9 Å². The molecule has 0 radical (unpaired) electrons. The third-order valence-electron chi connectivity index (χ3n) is 3.10. The molecular weight excluding hydrogens is 258 g/mol. The Hall–Kier alpha value is -2.04. The molecule has 0 aromatic heterocycles. The third-order valence-corrected chi connectivity index (χ3v) is 3.10. The molecule has 20 heavy (non-hydrogen) atoms. The van der Waals surface area contributed by atoms with Crippen LogP contribution in [-0.4, -0.2) is 28.1 Å². The van der Waals surface area contributed by atoms with E-state index in [1.165, 1.54) is 0 Å². The summed E-state index contributed by atoms with van der Waals surface area (Å²) >= 11 is 0. The maximum Gasteiger partial charge on any atom is 0.305 e. The molecule has 0 unspecified atom stereocenters. The van der Waals surface area contributed by atoms with Crippen molar-refractivity contribution in [3.63, 3.8) is 0 Å². The number of phenolic OH excluding ortho intramolecular Hbond substituents is 1. The molecule has 0 heterocycles. The number of hydrogen-bond acceptors (Lipinski definition) is 3. The molecule has 110 valence electrons. The average Bonchev–Trinajstić information content (AvgIpc) is 2.35. The maximum atomic E-state index is 11.8. The van der Waals surface area contributed by atoms with Crippen molar-refractivity contribution in [2.45, 2.75) is 39.2 Å². The molecular formula is C15H21NO4. The largest absolute Gasteiger partial charge is 0.508 e. The van der Waals surface area contributed by atoms with Crippen LogP contribution in [0.3, 0.4) is 0 Å². The number of nitrogens with one attached hydrogen (secondary N) is 1. The van der Waals surface area contributed by atoms with E-state index in [0.717, 1.165) is 5.56 Å². The summed E-state index contributed by atoms with van der Waals surface area (Å²) in [6.07, 6.45) is 0.708. The number of aliphatic carboxylic acids is 1. The van der Waals surface area contributed by atoms with Crippen LogP contribution in [0.4, 0.5) is 0 Å². The third kappa shape index (κ3) is 5.73. The monoisotopic (exact) mass is 279 g/mol. The highest BCUT2D eigenvalue weighted by atomic mass is 16.4. The molecule has 0 aliphatic heterocycles. The van der Waals surface area contributed by atoms with Crippen LogP contribution < -0.4 is 5.32 Å². The first-order valence-corrected chi connectivity index (χ1v) is 6.67. The number of aromatic hydroxyl groups is 1. The fraction of sp³-hybridized carbons (Fsp3) is 0.467. The Labute approximate surface area is 118 Å². The summed E-state index contributed by atoms with van der Waals surface area (Å²) in [5.74, 6) is -0.852. The van der Waals surface area contributed by atoms with Gasteiger partial charge in [0.1, 0.15) is 5.75 Å². The molecule has 0 spiro atoms. The van der Waals surface area contributed by atoms with Crippen molar-refractivity contribution in [1.29, 1.82) is 0 Å². The van der Waals surface area contributed by atoms with Gasteiger partial charge in [0, 0.05) is 12.5 Å². The molecule has 5 heteroatoms. The zero-order valence-corrected chi connectivity index (χ0v) is 11.8. The molecule has 5 nitrogen and oxygen atoms in total. The number of aryl methyl sites for hydroxylation is 1. The lowest BCUT2D eigenvalue weighted by molar-refractivity contribution is -0.138. The van der Waals surface area contributed by atoms with Gasteiger partial charge >= 0.3 is 5.97 Å². The quantitative estimate of drug-likeness (QED) is 0.712. The number of benzene rings is 1. The minimum atomic E-state index is -0.919. The number of hydrogen-bond donors (Lipinski definition) is 3. The molecule has 1 aromatic rings. The summed E-state index contributed by atoms with van der Waals surface area (Å²) in [5.41, 5.74) is 0.875. The topological polar surface area (TPSA) is 86.6 Å². The van der Waals surface area contributed by atoms with E-state index in [2.05, 4.69) is 5.32 Å². The highest BCUT2D eigenvalue weighted by Gasteiger charge is 2.19. The van der Waals surface area contributed by atoms with Crippen LogP contribution in [0, 0.1) is 5.92 Å². The van der Waals surface area contributed by atoms with Crippen molar-refractivity contribution < 1.29 is 19.8 Å². The lowest BCUT2D eigenvalue weighted by Gasteiger charge is -2.20. The first-order chi connectivity index (χ1) is 9.38. The standard InChI is InChI=1S/C15H21NO4/c1-10(2)13(9-15(19)20)16-14(18)7-6-11-4-3-5-12(17)8-11/h3-5,8,10,13,17H,6-7,9H2,1-2H3,(H,16,18)(H,19,20)/t13-/m1/s1. The zero-order valence-electron chi connectivity index (χ0n) is 11.8. The van der Waals surface area contributed by atoms with Gasteiger partial charge in [0.05, 0.1) is 6.42 Å². The van der Waals surface area contributed by atoms with E-state index < -0.39 is 5.97 Å². The van der Waals surface area contributed by atoms with Crippen molar-refractivity contribution in [2.24, 2.45) is 5.92 Å². The van der Waals surface area contributed by atoms with Crippen LogP contribution in [0.25, 0.3) is 0 Å². The average molecular weight is 279 g/mol. The lowest BCUT2D eigenvalue weighted by atomic mass is 10.0. The van der Waals surface area contributed by atoms with E-state index in [1.54, 1.807) is 18.2 Å². The first-order valence-electron chi connectivity index (χ1n) is 6.67. The Balaban J connectivity index is 2.47. The van der Waals surface area contributed by atoms with Crippen molar-refractivity contribution in [2.75, 3.05) is 0 Å². The van der Waals surface area contributed by atoms with Crippen LogP contribution in [0.5, 0.6) is 5.75 Å². The minimum Gasteiger partial charge on any atom is -0.508 e. The molecule has 1 amide bonds. The van der Waals surface area contributed by atoms with Gasteiger partial charge in [-0.1, -0.05) is 26.0 Å². The first kappa shape index (κ1) is 16.0. The predicted molar refractivity (Wildman–Crippen MR) is 75.4 cm³/mol. The number of carboxylic acids is 1. The summed E-state index contributed by atoms with van der Waals surface area (Å²) in [7, 11) is 0. The predicted octanol–water partition coefficient (Wildman–Crippen LogP) is 1.94. The second kappa shape index (κ2) is 7.53. The Kier molecular flexibility index (Phi) is 6.03. The number of carbonyl (C=O) groups excluding carboxylic acids is 1. The Morgan fingerprint density at radius 2 is 2.00 bits per heavy atom. The van der Waals surface area contributed by atoms with Crippen LogP contribution >= 0.6 is 0 Å². The number of amides is 1. The van der Waals surface area contributed by atoms with Crippen LogP contribution in [0.2, 0.25) is 0 Å². The number of carboxylic acid groups (broad SMARTS) is 1. The summed E-state index contributed by atoms with van der Waals surface area (Å²) in [6, 6.07) is 6.40.